The Labute approximate surface area is 164 Å². The van der Waals surface area contributed by atoms with E-state index in [1.807, 2.05) is 0 Å². The van der Waals surface area contributed by atoms with Crippen LogP contribution in [0, 0.1) is 5.82 Å². The molecule has 1 unspecified atom stereocenters. The number of pyridine rings is 1. The van der Waals surface area contributed by atoms with Crippen molar-refractivity contribution in [2.24, 2.45) is 11.5 Å². The summed E-state index contributed by atoms with van der Waals surface area (Å²) in [6.45, 7) is 0.279. The Morgan fingerprint density at radius 2 is 2.07 bits per heavy atom. The molecule has 2 heterocycles. The van der Waals surface area contributed by atoms with Crippen LogP contribution >= 0.6 is 0 Å². The molecule has 1 saturated heterocycles. The predicted molar refractivity (Wildman–Crippen MR) is 103 cm³/mol. The first-order valence-electron chi connectivity index (χ1n) is 9.20. The second kappa shape index (κ2) is 6.45. The maximum atomic E-state index is 15.2. The van der Waals surface area contributed by atoms with Gasteiger partial charge in [-0.2, -0.15) is 0 Å². The van der Waals surface area contributed by atoms with Crippen LogP contribution in [0.2, 0.25) is 0 Å². The number of hydrogen-bond donors (Lipinski definition) is 3. The molecule has 1 saturated carbocycles. The monoisotopic (exact) mass is 404 g/mol. The van der Waals surface area contributed by atoms with Gasteiger partial charge >= 0.3 is 5.97 Å². The standard InChI is InChI=1S/C19H21FN4O5/c1-29-16-13-10(15(25)11(17(26)27)7-24(13)9-2-3-9)6-12(20)14(16)23-5-4-19(22,8-23)18(21)28/h6-7,9H,2-5,8,22H2,1H3,(H2,21,28)(H,26,27). The number of rotatable bonds is 5. The zero-order valence-electron chi connectivity index (χ0n) is 15.8. The lowest BCUT2D eigenvalue weighted by Gasteiger charge is -2.26. The lowest BCUT2D eigenvalue weighted by molar-refractivity contribution is -0.122. The molecule has 1 aliphatic heterocycles. The van der Waals surface area contributed by atoms with E-state index in [1.165, 1.54) is 13.3 Å². The van der Waals surface area contributed by atoms with Gasteiger partial charge in [-0.25, -0.2) is 9.18 Å². The van der Waals surface area contributed by atoms with Gasteiger partial charge in [-0.1, -0.05) is 0 Å². The Morgan fingerprint density at radius 3 is 2.59 bits per heavy atom. The number of anilines is 1. The van der Waals surface area contributed by atoms with Crippen molar-refractivity contribution in [3.63, 3.8) is 0 Å². The van der Waals surface area contributed by atoms with Crippen LogP contribution in [0.15, 0.2) is 17.1 Å². The minimum Gasteiger partial charge on any atom is -0.492 e. The molecule has 5 N–H and O–H groups in total. The molecule has 0 spiro atoms. The summed E-state index contributed by atoms with van der Waals surface area (Å²) < 4.78 is 22.3. The zero-order chi connectivity index (χ0) is 21.1. The number of amides is 1. The lowest BCUT2D eigenvalue weighted by Crippen LogP contribution is -2.53. The van der Waals surface area contributed by atoms with Crippen LogP contribution in [0.25, 0.3) is 10.9 Å². The number of hydrogen-bond acceptors (Lipinski definition) is 6. The van der Waals surface area contributed by atoms with Gasteiger partial charge in [0.2, 0.25) is 11.3 Å². The van der Waals surface area contributed by atoms with Crippen molar-refractivity contribution in [1.82, 2.24) is 4.57 Å². The summed E-state index contributed by atoms with van der Waals surface area (Å²) in [6, 6.07) is 1.03. The summed E-state index contributed by atoms with van der Waals surface area (Å²) in [5.41, 5.74) is 9.35. The highest BCUT2D eigenvalue weighted by atomic mass is 19.1. The normalized spacial score (nSPS) is 21.6. The van der Waals surface area contributed by atoms with Crippen LogP contribution in [0.1, 0.15) is 35.7 Å². The van der Waals surface area contributed by atoms with E-state index in [9.17, 15) is 19.5 Å². The second-order valence-electron chi connectivity index (χ2n) is 7.64. The van der Waals surface area contributed by atoms with Crippen LogP contribution in [-0.2, 0) is 4.79 Å². The van der Waals surface area contributed by atoms with Gasteiger partial charge in [0.15, 0.2) is 11.6 Å². The Hall–Kier alpha value is -3.14. The largest absolute Gasteiger partial charge is 0.492 e. The van der Waals surface area contributed by atoms with Crippen molar-refractivity contribution >= 4 is 28.5 Å². The number of carbonyl (C=O) groups is 2. The quantitative estimate of drug-likeness (QED) is 0.662. The predicted octanol–water partition coefficient (Wildman–Crippen LogP) is 0.575. The summed E-state index contributed by atoms with van der Waals surface area (Å²) in [4.78, 5) is 37.5. The van der Waals surface area contributed by atoms with Gasteiger partial charge in [0.1, 0.15) is 16.8 Å². The first-order valence-corrected chi connectivity index (χ1v) is 9.20. The Bertz CT molecular complexity index is 1110. The number of carboxylic acids is 1. The molecule has 1 aliphatic carbocycles. The summed E-state index contributed by atoms with van der Waals surface area (Å²) >= 11 is 0. The molecule has 4 rings (SSSR count). The molecule has 2 aliphatic rings. The molecule has 154 valence electrons. The van der Waals surface area contributed by atoms with Gasteiger partial charge in [-0.3, -0.25) is 9.59 Å². The van der Waals surface area contributed by atoms with Crippen molar-refractivity contribution in [2.75, 3.05) is 25.1 Å². The highest BCUT2D eigenvalue weighted by Crippen LogP contribution is 2.44. The van der Waals surface area contributed by atoms with Gasteiger partial charge in [-0.15, -0.1) is 0 Å². The molecular weight excluding hydrogens is 383 g/mol. The maximum Gasteiger partial charge on any atom is 0.341 e. The third-order valence-corrected chi connectivity index (χ3v) is 5.68. The SMILES string of the molecule is COc1c(N2CCC(N)(C(N)=O)C2)c(F)cc2c(=O)c(C(=O)O)cn(C3CC3)c12. The van der Waals surface area contributed by atoms with Crippen LogP contribution < -0.4 is 26.5 Å². The third-order valence-electron chi connectivity index (χ3n) is 5.68. The van der Waals surface area contributed by atoms with Gasteiger partial charge in [0.05, 0.1) is 18.0 Å². The first-order chi connectivity index (χ1) is 13.7. The van der Waals surface area contributed by atoms with Crippen molar-refractivity contribution in [1.29, 1.82) is 0 Å². The number of methoxy groups -OCH3 is 1. The van der Waals surface area contributed by atoms with Crippen molar-refractivity contribution in [2.45, 2.75) is 30.8 Å². The summed E-state index contributed by atoms with van der Waals surface area (Å²) in [5, 5.41) is 9.31. The van der Waals surface area contributed by atoms with Crippen molar-refractivity contribution < 1.29 is 23.8 Å². The molecular formula is C19H21FN4O5. The average Bonchev–Trinajstić information content (AvgIpc) is 3.43. The summed E-state index contributed by atoms with van der Waals surface area (Å²) in [6.07, 6.45) is 3.15. The topological polar surface area (TPSA) is 141 Å². The fourth-order valence-electron chi connectivity index (χ4n) is 3.95. The number of fused-ring (bicyclic) bond motifs is 1. The number of halogens is 1. The van der Waals surface area contributed by atoms with E-state index in [-0.39, 0.29) is 42.4 Å². The van der Waals surface area contributed by atoms with E-state index in [1.54, 1.807) is 9.47 Å². The van der Waals surface area contributed by atoms with Gasteiger partial charge in [-0.05, 0) is 25.3 Å². The number of nitrogens with two attached hydrogens (primary N) is 2. The molecule has 2 aromatic rings. The number of aromatic carboxylic acids is 1. The van der Waals surface area contributed by atoms with E-state index in [2.05, 4.69) is 0 Å². The zero-order valence-corrected chi connectivity index (χ0v) is 15.8. The number of primary amides is 1. The van der Waals surface area contributed by atoms with Gasteiger partial charge < -0.3 is 30.8 Å². The fraction of sp³-hybridized carbons (Fsp3) is 0.421. The molecule has 1 aromatic carbocycles. The second-order valence-corrected chi connectivity index (χ2v) is 7.64. The number of carboxylic acid groups (broad SMARTS) is 1. The fourth-order valence-corrected chi connectivity index (χ4v) is 3.95. The summed E-state index contributed by atoms with van der Waals surface area (Å²) in [5.74, 6) is -2.70. The molecule has 0 radical (unpaired) electrons. The minimum absolute atomic E-state index is 0.00112. The number of carbonyl (C=O) groups excluding carboxylic acids is 1. The van der Waals surface area contributed by atoms with Crippen molar-refractivity contribution in [3.05, 3.63) is 33.9 Å². The first kappa shape index (κ1) is 19.2. The van der Waals surface area contributed by atoms with E-state index >= 15 is 4.39 Å². The molecule has 1 atom stereocenters. The Kier molecular flexibility index (Phi) is 4.26. The van der Waals surface area contributed by atoms with Crippen LogP contribution in [-0.4, -0.2) is 47.3 Å². The molecule has 0 bridgehead atoms. The Morgan fingerprint density at radius 1 is 1.38 bits per heavy atom. The smallest absolute Gasteiger partial charge is 0.341 e. The van der Waals surface area contributed by atoms with Crippen LogP contribution in [0.3, 0.4) is 0 Å². The Balaban J connectivity index is 1.99. The maximum absolute atomic E-state index is 15.2. The van der Waals surface area contributed by atoms with Gasteiger partial charge in [0.25, 0.3) is 0 Å². The highest BCUT2D eigenvalue weighted by molar-refractivity contribution is 5.97. The molecule has 29 heavy (non-hydrogen) atoms. The van der Waals surface area contributed by atoms with Crippen LogP contribution in [0.4, 0.5) is 10.1 Å². The van der Waals surface area contributed by atoms with Gasteiger partial charge in [0, 0.05) is 25.3 Å². The van der Waals surface area contributed by atoms with E-state index in [4.69, 9.17) is 16.2 Å². The summed E-state index contributed by atoms with van der Waals surface area (Å²) in [7, 11) is 1.35. The molecule has 1 aromatic heterocycles. The number of ether oxygens (including phenoxy) is 1. The highest BCUT2D eigenvalue weighted by Gasteiger charge is 2.42. The minimum atomic E-state index is -1.37. The van der Waals surface area contributed by atoms with Crippen molar-refractivity contribution in [3.8, 4) is 5.75 Å². The number of aromatic nitrogens is 1. The van der Waals surface area contributed by atoms with E-state index < -0.39 is 34.2 Å². The third kappa shape index (κ3) is 2.91. The van der Waals surface area contributed by atoms with E-state index in [0.29, 0.717) is 5.52 Å². The number of nitrogens with zero attached hydrogens (tertiary/aromatic N) is 2. The molecule has 1 amide bonds. The van der Waals surface area contributed by atoms with E-state index in [0.717, 1.165) is 18.9 Å². The van der Waals surface area contributed by atoms with Crippen LogP contribution in [0.5, 0.6) is 5.75 Å². The number of benzene rings is 1. The molecule has 2 fully saturated rings. The molecule has 9 nitrogen and oxygen atoms in total. The molecule has 10 heteroatoms. The average molecular weight is 404 g/mol. The lowest BCUT2D eigenvalue weighted by atomic mass is 10.00.